The largest absolute Gasteiger partial charge is 0.353 e. The molecule has 1 atom stereocenters. The highest BCUT2D eigenvalue weighted by molar-refractivity contribution is 5.77. The second kappa shape index (κ2) is 7.60. The summed E-state index contributed by atoms with van der Waals surface area (Å²) in [6.45, 7) is 2.70. The molecule has 0 radical (unpaired) electrons. The van der Waals surface area contributed by atoms with E-state index in [-0.39, 0.29) is 17.4 Å². The molecule has 0 heterocycles. The van der Waals surface area contributed by atoms with Gasteiger partial charge in [0.1, 0.15) is 0 Å². The van der Waals surface area contributed by atoms with Crippen LogP contribution in [-0.2, 0) is 11.2 Å². The molecule has 1 aliphatic rings. The fourth-order valence-corrected chi connectivity index (χ4v) is 3.44. The summed E-state index contributed by atoms with van der Waals surface area (Å²) in [5.74, 6) is 0.158. The van der Waals surface area contributed by atoms with Gasteiger partial charge in [-0.2, -0.15) is 0 Å². The van der Waals surface area contributed by atoms with Crippen LogP contribution in [0.2, 0.25) is 0 Å². The summed E-state index contributed by atoms with van der Waals surface area (Å²) >= 11 is 0. The van der Waals surface area contributed by atoms with Crippen LogP contribution in [0.4, 0.5) is 0 Å². The topological polar surface area (TPSA) is 55.1 Å². The van der Waals surface area contributed by atoms with Crippen LogP contribution in [0, 0.1) is 5.41 Å². The molecular weight excluding hydrogens is 260 g/mol. The van der Waals surface area contributed by atoms with Gasteiger partial charge in [-0.3, -0.25) is 4.79 Å². The predicted octanol–water partition coefficient (Wildman–Crippen LogP) is 3.03. The Morgan fingerprint density at radius 1 is 1.24 bits per heavy atom. The van der Waals surface area contributed by atoms with Crippen LogP contribution >= 0.6 is 0 Å². The van der Waals surface area contributed by atoms with Crippen molar-refractivity contribution < 1.29 is 4.79 Å². The second-order valence-electron chi connectivity index (χ2n) is 6.60. The molecule has 1 aliphatic carbocycles. The van der Waals surface area contributed by atoms with E-state index >= 15 is 0 Å². The number of carbonyl (C=O) groups is 1. The van der Waals surface area contributed by atoms with Crippen LogP contribution in [-0.4, -0.2) is 18.5 Å². The fraction of sp³-hybridized carbons (Fsp3) is 0.611. The minimum Gasteiger partial charge on any atom is -0.353 e. The van der Waals surface area contributed by atoms with E-state index in [1.54, 1.807) is 0 Å². The summed E-state index contributed by atoms with van der Waals surface area (Å²) < 4.78 is 0. The smallest absolute Gasteiger partial charge is 0.220 e. The summed E-state index contributed by atoms with van der Waals surface area (Å²) in [5, 5.41) is 3.14. The molecule has 1 unspecified atom stereocenters. The first-order chi connectivity index (χ1) is 10.1. The monoisotopic (exact) mass is 288 g/mol. The van der Waals surface area contributed by atoms with Gasteiger partial charge in [-0.25, -0.2) is 0 Å². The molecule has 1 aromatic rings. The fourth-order valence-electron chi connectivity index (χ4n) is 3.44. The Morgan fingerprint density at radius 3 is 2.52 bits per heavy atom. The van der Waals surface area contributed by atoms with E-state index in [2.05, 4.69) is 24.4 Å². The zero-order chi connectivity index (χ0) is 15.1. The van der Waals surface area contributed by atoms with Gasteiger partial charge < -0.3 is 11.1 Å². The average molecular weight is 288 g/mol. The zero-order valence-electron chi connectivity index (χ0n) is 13.1. The molecule has 3 N–H and O–H groups in total. The predicted molar refractivity (Wildman–Crippen MR) is 86.9 cm³/mol. The minimum atomic E-state index is 0.0504. The number of benzene rings is 1. The molecule has 0 saturated heterocycles. The van der Waals surface area contributed by atoms with Gasteiger partial charge in [0.05, 0.1) is 0 Å². The van der Waals surface area contributed by atoms with E-state index in [9.17, 15) is 4.79 Å². The Hall–Kier alpha value is -1.35. The molecule has 0 aromatic heterocycles. The van der Waals surface area contributed by atoms with Gasteiger partial charge in [0.15, 0.2) is 0 Å². The van der Waals surface area contributed by atoms with Crippen LogP contribution in [0.25, 0.3) is 0 Å². The lowest BCUT2D eigenvalue weighted by molar-refractivity contribution is -0.124. The van der Waals surface area contributed by atoms with Crippen molar-refractivity contribution in [3.8, 4) is 0 Å². The second-order valence-corrected chi connectivity index (χ2v) is 6.60. The molecule has 0 bridgehead atoms. The van der Waals surface area contributed by atoms with E-state index in [4.69, 9.17) is 5.73 Å². The average Bonchev–Trinajstić information content (AvgIpc) is 2.48. The quantitative estimate of drug-likeness (QED) is 0.845. The van der Waals surface area contributed by atoms with Crippen molar-refractivity contribution in [2.45, 2.75) is 57.9 Å². The lowest BCUT2D eigenvalue weighted by Crippen LogP contribution is -2.41. The van der Waals surface area contributed by atoms with Crippen LogP contribution in [0.5, 0.6) is 0 Å². The van der Waals surface area contributed by atoms with Crippen LogP contribution < -0.4 is 11.1 Å². The molecule has 3 heteroatoms. The Bertz CT molecular complexity index is 438. The number of hydrogen-bond donors (Lipinski definition) is 2. The number of rotatable bonds is 6. The Morgan fingerprint density at radius 2 is 1.90 bits per heavy atom. The van der Waals surface area contributed by atoms with E-state index in [0.717, 1.165) is 19.3 Å². The van der Waals surface area contributed by atoms with Gasteiger partial charge in [0.25, 0.3) is 0 Å². The van der Waals surface area contributed by atoms with Crippen molar-refractivity contribution in [1.82, 2.24) is 5.32 Å². The lowest BCUT2D eigenvalue weighted by atomic mass is 9.71. The molecule has 1 fully saturated rings. The van der Waals surface area contributed by atoms with Gasteiger partial charge in [0, 0.05) is 12.5 Å². The van der Waals surface area contributed by atoms with Gasteiger partial charge in [-0.1, -0.05) is 49.6 Å². The Labute approximate surface area is 128 Å². The molecule has 3 nitrogen and oxygen atoms in total. The first-order valence-corrected chi connectivity index (χ1v) is 8.17. The van der Waals surface area contributed by atoms with Crippen molar-refractivity contribution in [1.29, 1.82) is 0 Å². The van der Waals surface area contributed by atoms with Crippen molar-refractivity contribution in [3.05, 3.63) is 35.9 Å². The van der Waals surface area contributed by atoms with Crippen LogP contribution in [0.15, 0.2) is 30.3 Å². The molecule has 116 valence electrons. The maximum Gasteiger partial charge on any atom is 0.220 e. The molecule has 21 heavy (non-hydrogen) atoms. The standard InChI is InChI=1S/C18H28N2O/c1-15(12-16-8-4-2-5-9-16)20-17(21)13-18(14-19)10-6-3-7-11-18/h2,4-5,8-9,15H,3,6-7,10-14,19H2,1H3,(H,20,21). The summed E-state index contributed by atoms with van der Waals surface area (Å²) in [4.78, 5) is 12.3. The van der Waals surface area contributed by atoms with Gasteiger partial charge in [-0.15, -0.1) is 0 Å². The summed E-state index contributed by atoms with van der Waals surface area (Å²) in [6, 6.07) is 10.5. The zero-order valence-corrected chi connectivity index (χ0v) is 13.1. The maximum absolute atomic E-state index is 12.3. The normalized spacial score (nSPS) is 19.0. The molecule has 1 amide bonds. The van der Waals surface area contributed by atoms with Crippen molar-refractivity contribution in [3.63, 3.8) is 0 Å². The molecule has 0 spiro atoms. The molecule has 1 aromatic carbocycles. The number of nitrogens with two attached hydrogens (primary N) is 1. The van der Waals surface area contributed by atoms with Crippen molar-refractivity contribution in [2.24, 2.45) is 11.1 Å². The van der Waals surface area contributed by atoms with E-state index in [0.29, 0.717) is 13.0 Å². The van der Waals surface area contributed by atoms with Gasteiger partial charge >= 0.3 is 0 Å². The summed E-state index contributed by atoms with van der Waals surface area (Å²) in [6.07, 6.45) is 7.38. The first-order valence-electron chi connectivity index (χ1n) is 8.17. The highest BCUT2D eigenvalue weighted by atomic mass is 16.1. The van der Waals surface area contributed by atoms with Crippen molar-refractivity contribution in [2.75, 3.05) is 6.54 Å². The number of amides is 1. The third kappa shape index (κ3) is 4.85. The number of hydrogen-bond acceptors (Lipinski definition) is 2. The Kier molecular flexibility index (Phi) is 5.80. The third-order valence-electron chi connectivity index (χ3n) is 4.67. The number of carbonyl (C=O) groups excluding carboxylic acids is 1. The van der Waals surface area contributed by atoms with E-state index < -0.39 is 0 Å². The first kappa shape index (κ1) is 16.0. The van der Waals surface area contributed by atoms with E-state index in [1.807, 2.05) is 18.2 Å². The molecule has 2 rings (SSSR count). The highest BCUT2D eigenvalue weighted by Crippen LogP contribution is 2.38. The number of nitrogens with one attached hydrogen (secondary N) is 1. The van der Waals surface area contributed by atoms with Crippen LogP contribution in [0.3, 0.4) is 0 Å². The van der Waals surface area contributed by atoms with Crippen LogP contribution in [0.1, 0.15) is 51.0 Å². The third-order valence-corrected chi connectivity index (χ3v) is 4.67. The van der Waals surface area contributed by atoms with Gasteiger partial charge in [-0.05, 0) is 43.7 Å². The molecule has 1 saturated carbocycles. The maximum atomic E-state index is 12.3. The minimum absolute atomic E-state index is 0.0504. The summed E-state index contributed by atoms with van der Waals surface area (Å²) in [5.41, 5.74) is 7.27. The molecular formula is C18H28N2O. The van der Waals surface area contributed by atoms with E-state index in [1.165, 1.54) is 24.8 Å². The molecule has 0 aliphatic heterocycles. The summed E-state index contributed by atoms with van der Waals surface area (Å²) in [7, 11) is 0. The van der Waals surface area contributed by atoms with Crippen molar-refractivity contribution >= 4 is 5.91 Å². The highest BCUT2D eigenvalue weighted by Gasteiger charge is 2.33. The Balaban J connectivity index is 1.83. The lowest BCUT2D eigenvalue weighted by Gasteiger charge is -2.36. The van der Waals surface area contributed by atoms with Gasteiger partial charge in [0.2, 0.25) is 5.91 Å². The SMILES string of the molecule is CC(Cc1ccccc1)NC(=O)CC1(CN)CCCCC1.